The molecule has 1 amide bonds. The zero-order valence-corrected chi connectivity index (χ0v) is 13.5. The lowest BCUT2D eigenvalue weighted by atomic mass is 9.99. The maximum Gasteiger partial charge on any atom is 0.223 e. The van der Waals surface area contributed by atoms with Crippen molar-refractivity contribution < 1.29 is 9.21 Å². The molecule has 2 unspecified atom stereocenters. The number of carbonyl (C=O) groups excluding carboxylic acids is 1. The van der Waals surface area contributed by atoms with Gasteiger partial charge < -0.3 is 9.32 Å². The van der Waals surface area contributed by atoms with Crippen molar-refractivity contribution in [3.63, 3.8) is 0 Å². The summed E-state index contributed by atoms with van der Waals surface area (Å²) in [4.78, 5) is 19.0. The first-order valence-electron chi connectivity index (χ1n) is 8.49. The Balaban J connectivity index is 1.65. The lowest BCUT2D eigenvalue weighted by molar-refractivity contribution is -0.134. The van der Waals surface area contributed by atoms with Gasteiger partial charge in [0.2, 0.25) is 5.91 Å². The Labute approximate surface area is 139 Å². The van der Waals surface area contributed by atoms with Crippen molar-refractivity contribution in [1.82, 2.24) is 19.5 Å². The Hall–Kier alpha value is -2.63. The van der Waals surface area contributed by atoms with Crippen molar-refractivity contribution in [2.75, 3.05) is 0 Å². The quantitative estimate of drug-likeness (QED) is 0.727. The van der Waals surface area contributed by atoms with E-state index < -0.39 is 0 Å². The molecule has 0 aliphatic carbocycles. The van der Waals surface area contributed by atoms with Gasteiger partial charge in [0.25, 0.3) is 0 Å². The van der Waals surface area contributed by atoms with Crippen molar-refractivity contribution in [2.45, 2.75) is 44.7 Å². The number of furan rings is 1. The van der Waals surface area contributed by atoms with E-state index in [-0.39, 0.29) is 18.0 Å². The van der Waals surface area contributed by atoms with Crippen molar-refractivity contribution in [2.24, 2.45) is 0 Å². The van der Waals surface area contributed by atoms with Crippen molar-refractivity contribution in [3.8, 4) is 11.5 Å². The van der Waals surface area contributed by atoms with Gasteiger partial charge in [-0.15, -0.1) is 0 Å². The molecule has 122 valence electrons. The highest BCUT2D eigenvalue weighted by Crippen LogP contribution is 2.43. The minimum Gasteiger partial charge on any atom is -0.463 e. The third-order valence-electron chi connectivity index (χ3n) is 5.27. The molecule has 24 heavy (non-hydrogen) atoms. The second-order valence-electron chi connectivity index (χ2n) is 6.54. The molecule has 2 aliphatic heterocycles. The summed E-state index contributed by atoms with van der Waals surface area (Å²) in [6, 6.07) is 6.15. The molecule has 3 aromatic heterocycles. The van der Waals surface area contributed by atoms with Crippen LogP contribution in [-0.4, -0.2) is 31.4 Å². The molecule has 2 atom stereocenters. The van der Waals surface area contributed by atoms with E-state index in [0.717, 1.165) is 41.9 Å². The lowest BCUT2D eigenvalue weighted by Gasteiger charge is -2.36. The van der Waals surface area contributed by atoms with Crippen LogP contribution in [0.25, 0.3) is 17.1 Å². The summed E-state index contributed by atoms with van der Waals surface area (Å²) in [5.41, 5.74) is 3.95. The third kappa shape index (κ3) is 1.79. The van der Waals surface area contributed by atoms with E-state index in [1.54, 1.807) is 6.26 Å². The molecule has 6 nitrogen and oxygen atoms in total. The van der Waals surface area contributed by atoms with E-state index in [9.17, 15) is 4.79 Å². The summed E-state index contributed by atoms with van der Waals surface area (Å²) >= 11 is 0. The van der Waals surface area contributed by atoms with Crippen LogP contribution in [0.15, 0.2) is 35.1 Å². The van der Waals surface area contributed by atoms with Crippen LogP contribution in [-0.2, 0) is 11.2 Å². The summed E-state index contributed by atoms with van der Waals surface area (Å²) in [6.07, 6.45) is 7.05. The largest absolute Gasteiger partial charge is 0.463 e. The SMILES string of the molecule is CCC(=O)N1C2CCC1c1cnc3cc(-c4ccco4)nn3c1C2. The number of rotatable bonds is 2. The number of aromatic nitrogens is 3. The van der Waals surface area contributed by atoms with Crippen molar-refractivity contribution in [1.29, 1.82) is 0 Å². The van der Waals surface area contributed by atoms with Crippen LogP contribution in [0.5, 0.6) is 0 Å². The van der Waals surface area contributed by atoms with Gasteiger partial charge in [-0.25, -0.2) is 9.50 Å². The number of amides is 1. The average molecular weight is 322 g/mol. The molecule has 0 radical (unpaired) electrons. The van der Waals surface area contributed by atoms with Crippen LogP contribution in [0.3, 0.4) is 0 Å². The van der Waals surface area contributed by atoms with Gasteiger partial charge in [-0.1, -0.05) is 6.92 Å². The van der Waals surface area contributed by atoms with E-state index in [4.69, 9.17) is 9.52 Å². The molecular weight excluding hydrogens is 304 g/mol. The van der Waals surface area contributed by atoms with Gasteiger partial charge in [0.1, 0.15) is 5.69 Å². The number of hydrogen-bond donors (Lipinski definition) is 0. The maximum atomic E-state index is 12.3. The third-order valence-corrected chi connectivity index (χ3v) is 5.27. The average Bonchev–Trinajstić information content (AvgIpc) is 3.31. The molecular formula is C18H18N4O2. The van der Waals surface area contributed by atoms with E-state index in [1.807, 2.05) is 35.8 Å². The van der Waals surface area contributed by atoms with Crippen LogP contribution >= 0.6 is 0 Å². The maximum absolute atomic E-state index is 12.3. The molecule has 2 bridgehead atoms. The first-order chi connectivity index (χ1) is 11.8. The highest BCUT2D eigenvalue weighted by atomic mass is 16.3. The van der Waals surface area contributed by atoms with Crippen molar-refractivity contribution >= 4 is 11.6 Å². The van der Waals surface area contributed by atoms with Crippen LogP contribution < -0.4 is 0 Å². The minimum absolute atomic E-state index is 0.152. The lowest BCUT2D eigenvalue weighted by Crippen LogP contribution is -2.42. The Morgan fingerprint density at radius 2 is 2.33 bits per heavy atom. The van der Waals surface area contributed by atoms with Gasteiger partial charge in [-0.2, -0.15) is 5.10 Å². The van der Waals surface area contributed by atoms with Crippen LogP contribution in [0.1, 0.15) is 43.5 Å². The predicted octanol–water partition coefficient (Wildman–Crippen LogP) is 2.99. The molecule has 1 saturated heterocycles. The monoisotopic (exact) mass is 322 g/mol. The molecule has 0 saturated carbocycles. The molecule has 2 aliphatic rings. The standard InChI is InChI=1S/C18H18N4O2/c1-2-18(23)21-11-5-6-14(21)12-10-19-17-9-13(16-4-3-7-24-16)20-22(17)15(12)8-11/h3-4,7,9-11,14H,2,5-6,8H2,1H3. The second-order valence-corrected chi connectivity index (χ2v) is 6.54. The minimum atomic E-state index is 0.152. The molecule has 0 N–H and O–H groups in total. The fraction of sp³-hybridized carbons (Fsp3) is 0.389. The molecule has 0 spiro atoms. The molecule has 3 aromatic rings. The van der Waals surface area contributed by atoms with E-state index >= 15 is 0 Å². The topological polar surface area (TPSA) is 63.6 Å². The van der Waals surface area contributed by atoms with E-state index in [2.05, 4.69) is 9.88 Å². The highest BCUT2D eigenvalue weighted by molar-refractivity contribution is 5.77. The van der Waals surface area contributed by atoms with Gasteiger partial charge in [0.15, 0.2) is 11.4 Å². The molecule has 1 fully saturated rings. The van der Waals surface area contributed by atoms with E-state index in [1.165, 1.54) is 5.69 Å². The fourth-order valence-corrected chi connectivity index (χ4v) is 4.19. The summed E-state index contributed by atoms with van der Waals surface area (Å²) < 4.78 is 7.39. The summed E-state index contributed by atoms with van der Waals surface area (Å²) in [6.45, 7) is 1.93. The predicted molar refractivity (Wildman–Crippen MR) is 87.3 cm³/mol. The number of fused-ring (bicyclic) bond motifs is 6. The normalized spacial score (nSPS) is 22.1. The molecule has 6 heteroatoms. The highest BCUT2D eigenvalue weighted by Gasteiger charge is 2.43. The Bertz CT molecular complexity index is 928. The van der Waals surface area contributed by atoms with Gasteiger partial charge in [0, 0.05) is 36.7 Å². The Kier molecular flexibility index (Phi) is 2.83. The first-order valence-corrected chi connectivity index (χ1v) is 8.49. The van der Waals surface area contributed by atoms with Crippen molar-refractivity contribution in [3.05, 3.63) is 41.9 Å². The van der Waals surface area contributed by atoms with Gasteiger partial charge >= 0.3 is 0 Å². The van der Waals surface area contributed by atoms with Gasteiger partial charge in [-0.05, 0) is 25.0 Å². The molecule has 5 rings (SSSR count). The smallest absolute Gasteiger partial charge is 0.223 e. The van der Waals surface area contributed by atoms with Gasteiger partial charge in [-0.3, -0.25) is 4.79 Å². The summed E-state index contributed by atoms with van der Waals surface area (Å²) in [5.74, 6) is 0.987. The van der Waals surface area contributed by atoms with Crippen LogP contribution in [0.2, 0.25) is 0 Å². The summed E-state index contributed by atoms with van der Waals surface area (Å²) in [5, 5.41) is 4.71. The second kappa shape index (κ2) is 4.93. The first kappa shape index (κ1) is 13.8. The Morgan fingerprint density at radius 3 is 3.12 bits per heavy atom. The zero-order valence-electron chi connectivity index (χ0n) is 13.5. The van der Waals surface area contributed by atoms with Crippen LogP contribution in [0.4, 0.5) is 0 Å². The van der Waals surface area contributed by atoms with Gasteiger partial charge in [0.05, 0.1) is 18.0 Å². The summed E-state index contributed by atoms with van der Waals surface area (Å²) in [7, 11) is 0. The molecule has 5 heterocycles. The Morgan fingerprint density at radius 1 is 1.42 bits per heavy atom. The fourth-order valence-electron chi connectivity index (χ4n) is 4.19. The number of carbonyl (C=O) groups is 1. The number of hydrogen-bond acceptors (Lipinski definition) is 4. The molecule has 0 aromatic carbocycles. The van der Waals surface area contributed by atoms with Crippen LogP contribution in [0, 0.1) is 0 Å². The number of nitrogens with zero attached hydrogens (tertiary/aromatic N) is 4. The zero-order chi connectivity index (χ0) is 16.3. The van der Waals surface area contributed by atoms with E-state index in [0.29, 0.717) is 6.42 Å².